The van der Waals surface area contributed by atoms with Crippen LogP contribution in [0.15, 0.2) is 29.8 Å². The lowest BCUT2D eigenvalue weighted by molar-refractivity contribution is 0.0980. The molecule has 0 spiro atoms. The molecule has 4 nitrogen and oxygen atoms in total. The molecule has 0 bridgehead atoms. The van der Waals surface area contributed by atoms with Crippen molar-refractivity contribution < 1.29 is 13.2 Å². The Balaban J connectivity index is 1.41. The molecule has 0 saturated heterocycles. The molecule has 0 amide bonds. The molecular formula is C18H23F3N4. The molecule has 0 aromatic carbocycles. The highest BCUT2D eigenvalue weighted by molar-refractivity contribution is 5.26. The summed E-state index contributed by atoms with van der Waals surface area (Å²) in [4.78, 5) is 2.40. The average Bonchev–Trinajstić information content (AvgIpc) is 3.14. The van der Waals surface area contributed by atoms with Crippen molar-refractivity contribution in [2.45, 2.75) is 50.9 Å². The zero-order chi connectivity index (χ0) is 17.7. The van der Waals surface area contributed by atoms with Crippen LogP contribution in [0.4, 0.5) is 13.2 Å². The van der Waals surface area contributed by atoms with E-state index in [4.69, 9.17) is 5.73 Å². The Labute approximate surface area is 145 Å². The first-order chi connectivity index (χ1) is 11.9. The van der Waals surface area contributed by atoms with E-state index in [1.165, 1.54) is 11.3 Å². The Bertz CT molecular complexity index is 739. The fraction of sp³-hybridized carbons (Fsp3) is 0.611. The highest BCUT2D eigenvalue weighted by Crippen LogP contribution is 2.43. The zero-order valence-electron chi connectivity index (χ0n) is 14.3. The van der Waals surface area contributed by atoms with Crippen LogP contribution < -0.4 is 5.73 Å². The van der Waals surface area contributed by atoms with Gasteiger partial charge in [0.25, 0.3) is 0 Å². The van der Waals surface area contributed by atoms with Crippen molar-refractivity contribution in [1.82, 2.24) is 14.7 Å². The van der Waals surface area contributed by atoms with Gasteiger partial charge in [-0.1, -0.05) is 0 Å². The molecule has 7 heteroatoms. The monoisotopic (exact) mass is 352 g/mol. The SMILES string of the molecule is Cn1ncc2c1CN([C@H]1CC[C@H](C3CC(F)=C(F)C=C3F)C(N)C1)C2. The molecule has 4 atom stereocenters. The number of aryl methyl sites for hydroxylation is 1. The van der Waals surface area contributed by atoms with Crippen LogP contribution in [0.5, 0.6) is 0 Å². The maximum atomic E-state index is 14.2. The first-order valence-electron chi connectivity index (χ1n) is 8.84. The summed E-state index contributed by atoms with van der Waals surface area (Å²) in [5.41, 5.74) is 8.84. The Hall–Kier alpha value is -1.60. The normalized spacial score (nSPS) is 33.6. The highest BCUT2D eigenvalue weighted by atomic mass is 19.2. The van der Waals surface area contributed by atoms with E-state index in [1.54, 1.807) is 0 Å². The fourth-order valence-electron chi connectivity index (χ4n) is 4.66. The van der Waals surface area contributed by atoms with Crippen molar-refractivity contribution in [1.29, 1.82) is 0 Å². The molecule has 136 valence electrons. The molecule has 3 aliphatic rings. The molecule has 1 aliphatic heterocycles. The van der Waals surface area contributed by atoms with Crippen molar-refractivity contribution in [3.63, 3.8) is 0 Å². The lowest BCUT2D eigenvalue weighted by Crippen LogP contribution is -2.47. The third kappa shape index (κ3) is 2.93. The number of halogens is 3. The maximum absolute atomic E-state index is 14.2. The standard InChI is InChI=1S/C18H23F3N4/c1-24-18-9-25(8-10(18)7-23-24)11-2-3-12(17(22)4-11)13-5-15(20)16(21)6-14(13)19/h6-7,11-13,17H,2-5,8-9,22H2,1H3/t11-,12+,13?,17?/m0/s1. The van der Waals surface area contributed by atoms with Gasteiger partial charge in [0.15, 0.2) is 5.83 Å². The maximum Gasteiger partial charge on any atom is 0.157 e. The van der Waals surface area contributed by atoms with Gasteiger partial charge in [0.05, 0.1) is 11.9 Å². The second-order valence-electron chi connectivity index (χ2n) is 7.53. The molecule has 4 rings (SSSR count). The highest BCUT2D eigenvalue weighted by Gasteiger charge is 2.40. The van der Waals surface area contributed by atoms with E-state index in [-0.39, 0.29) is 18.4 Å². The van der Waals surface area contributed by atoms with Crippen LogP contribution in [0.3, 0.4) is 0 Å². The molecule has 2 unspecified atom stereocenters. The average molecular weight is 352 g/mol. The first kappa shape index (κ1) is 16.8. The molecule has 1 fully saturated rings. The molecule has 2 heterocycles. The van der Waals surface area contributed by atoms with Crippen LogP contribution in [0.2, 0.25) is 0 Å². The van der Waals surface area contributed by atoms with Gasteiger partial charge in [-0.15, -0.1) is 0 Å². The van der Waals surface area contributed by atoms with Gasteiger partial charge in [0.1, 0.15) is 11.7 Å². The summed E-state index contributed by atoms with van der Waals surface area (Å²) in [5.74, 6) is -3.28. The van der Waals surface area contributed by atoms with Crippen LogP contribution >= 0.6 is 0 Å². The Morgan fingerprint density at radius 2 is 2.00 bits per heavy atom. The van der Waals surface area contributed by atoms with Crippen LogP contribution in [0.25, 0.3) is 0 Å². The Morgan fingerprint density at radius 3 is 2.72 bits per heavy atom. The Morgan fingerprint density at radius 1 is 1.20 bits per heavy atom. The summed E-state index contributed by atoms with van der Waals surface area (Å²) in [6, 6.07) is 0.130. The summed E-state index contributed by atoms with van der Waals surface area (Å²) in [6.07, 6.45) is 4.77. The number of allylic oxidation sites excluding steroid dienone is 4. The van der Waals surface area contributed by atoms with Gasteiger partial charge >= 0.3 is 0 Å². The molecule has 1 saturated carbocycles. The van der Waals surface area contributed by atoms with E-state index < -0.39 is 23.4 Å². The lowest BCUT2D eigenvalue weighted by atomic mass is 9.72. The van der Waals surface area contributed by atoms with E-state index >= 15 is 0 Å². The summed E-state index contributed by atoms with van der Waals surface area (Å²) in [5, 5.41) is 4.27. The lowest BCUT2D eigenvalue weighted by Gasteiger charge is -2.41. The molecule has 0 radical (unpaired) electrons. The summed E-state index contributed by atoms with van der Waals surface area (Å²) >= 11 is 0. The van der Waals surface area contributed by atoms with Crippen LogP contribution in [-0.4, -0.2) is 26.8 Å². The predicted octanol–water partition coefficient (Wildman–Crippen LogP) is 3.26. The largest absolute Gasteiger partial charge is 0.327 e. The molecule has 2 aliphatic carbocycles. The summed E-state index contributed by atoms with van der Waals surface area (Å²) in [7, 11) is 1.95. The van der Waals surface area contributed by atoms with Crippen molar-refractivity contribution in [2.24, 2.45) is 24.6 Å². The Kier molecular flexibility index (Phi) is 4.24. The molecule has 1 aromatic rings. The number of nitrogens with zero attached hydrogens (tertiary/aromatic N) is 3. The number of rotatable bonds is 2. The van der Waals surface area contributed by atoms with Crippen LogP contribution in [0.1, 0.15) is 36.9 Å². The van der Waals surface area contributed by atoms with E-state index in [1.807, 2.05) is 17.9 Å². The molecule has 2 N–H and O–H groups in total. The predicted molar refractivity (Wildman–Crippen MR) is 88.1 cm³/mol. The molecular weight excluding hydrogens is 329 g/mol. The second-order valence-corrected chi connectivity index (χ2v) is 7.53. The van der Waals surface area contributed by atoms with E-state index in [0.717, 1.165) is 32.4 Å². The van der Waals surface area contributed by atoms with Gasteiger partial charge in [-0.25, -0.2) is 13.2 Å². The number of fused-ring (bicyclic) bond motifs is 1. The van der Waals surface area contributed by atoms with E-state index in [0.29, 0.717) is 12.1 Å². The minimum Gasteiger partial charge on any atom is -0.327 e. The third-order valence-electron chi connectivity index (χ3n) is 6.11. The van der Waals surface area contributed by atoms with E-state index in [9.17, 15) is 13.2 Å². The van der Waals surface area contributed by atoms with Crippen LogP contribution in [0, 0.1) is 11.8 Å². The molecule has 1 aromatic heterocycles. The first-order valence-corrected chi connectivity index (χ1v) is 8.84. The van der Waals surface area contributed by atoms with Gasteiger partial charge in [-0.05, 0) is 25.2 Å². The summed E-state index contributed by atoms with van der Waals surface area (Å²) in [6.45, 7) is 1.72. The van der Waals surface area contributed by atoms with Gasteiger partial charge in [-0.3, -0.25) is 9.58 Å². The van der Waals surface area contributed by atoms with Crippen molar-refractivity contribution in [3.05, 3.63) is 41.0 Å². The topological polar surface area (TPSA) is 47.1 Å². The smallest absolute Gasteiger partial charge is 0.157 e. The van der Waals surface area contributed by atoms with Gasteiger partial charge in [0.2, 0.25) is 0 Å². The number of hydrogen-bond donors (Lipinski definition) is 1. The number of nitrogens with two attached hydrogens (primary N) is 1. The van der Waals surface area contributed by atoms with Gasteiger partial charge in [-0.2, -0.15) is 5.10 Å². The third-order valence-corrected chi connectivity index (χ3v) is 6.11. The van der Waals surface area contributed by atoms with Gasteiger partial charge in [0, 0.05) is 56.2 Å². The zero-order valence-corrected chi connectivity index (χ0v) is 14.3. The fourth-order valence-corrected chi connectivity index (χ4v) is 4.66. The number of hydrogen-bond acceptors (Lipinski definition) is 3. The minimum atomic E-state index is -1.08. The minimum absolute atomic E-state index is 0.141. The van der Waals surface area contributed by atoms with Crippen molar-refractivity contribution in [3.8, 4) is 0 Å². The molecule has 25 heavy (non-hydrogen) atoms. The van der Waals surface area contributed by atoms with Crippen molar-refractivity contribution in [2.75, 3.05) is 0 Å². The van der Waals surface area contributed by atoms with Crippen molar-refractivity contribution >= 4 is 0 Å². The van der Waals surface area contributed by atoms with E-state index in [2.05, 4.69) is 10.00 Å². The van der Waals surface area contributed by atoms with Gasteiger partial charge < -0.3 is 5.73 Å². The van der Waals surface area contributed by atoms with Crippen LogP contribution in [-0.2, 0) is 20.1 Å². The quantitative estimate of drug-likeness (QED) is 0.889. The summed E-state index contributed by atoms with van der Waals surface area (Å²) < 4.78 is 42.9. The second kappa shape index (κ2) is 6.29. The number of aromatic nitrogens is 2.